The minimum absolute atomic E-state index is 0.0837. The molecule has 5 rings (SSSR count). The first-order chi connectivity index (χ1) is 15.5. The van der Waals surface area contributed by atoms with Crippen LogP contribution in [0.25, 0.3) is 22.5 Å². The highest BCUT2D eigenvalue weighted by Crippen LogP contribution is 2.45. The number of fused-ring (bicyclic) bond motifs is 2. The summed E-state index contributed by atoms with van der Waals surface area (Å²) >= 11 is 1.41. The van der Waals surface area contributed by atoms with Crippen molar-refractivity contribution in [3.05, 3.63) is 36.4 Å². The number of aryl methyl sites for hydroxylation is 2. The standard InChI is InChI=1S/C21H20N6O4S/c1-11-3-4-13(31-11)12-7-14-15(30-10-29-14)8-16(12)32-21-26-18-19(22)24-9-25-20(18)27(21)6-5-17(28)23-2/h3-4,7-9H,5-6,10H2,1-2H3,(H,23,28)(H2,22,24,25). The van der Waals surface area contributed by atoms with E-state index in [-0.39, 0.29) is 24.9 Å². The Kier molecular flexibility index (Phi) is 5.10. The molecule has 0 atom stereocenters. The number of imidazole rings is 1. The number of anilines is 1. The number of carbonyl (C=O) groups is 1. The number of carbonyl (C=O) groups excluding carboxylic acids is 1. The van der Waals surface area contributed by atoms with E-state index in [9.17, 15) is 4.79 Å². The summed E-state index contributed by atoms with van der Waals surface area (Å²) in [5, 5.41) is 3.26. The van der Waals surface area contributed by atoms with E-state index in [0.29, 0.717) is 40.1 Å². The third-order valence-corrected chi connectivity index (χ3v) is 6.10. The smallest absolute Gasteiger partial charge is 0.231 e. The average Bonchev–Trinajstić information content (AvgIpc) is 3.50. The maximum Gasteiger partial charge on any atom is 0.231 e. The molecule has 164 valence electrons. The van der Waals surface area contributed by atoms with Crippen molar-refractivity contribution in [3.63, 3.8) is 0 Å². The number of hydrogen-bond acceptors (Lipinski definition) is 9. The molecule has 1 aliphatic heterocycles. The second kappa shape index (κ2) is 8.08. The first-order valence-electron chi connectivity index (χ1n) is 9.89. The van der Waals surface area contributed by atoms with E-state index in [1.165, 1.54) is 18.1 Å². The highest BCUT2D eigenvalue weighted by Gasteiger charge is 2.23. The molecule has 1 amide bonds. The minimum atomic E-state index is -0.0837. The van der Waals surface area contributed by atoms with E-state index >= 15 is 0 Å². The van der Waals surface area contributed by atoms with Gasteiger partial charge in [0.05, 0.1) is 0 Å². The van der Waals surface area contributed by atoms with Crippen LogP contribution >= 0.6 is 11.8 Å². The lowest BCUT2D eigenvalue weighted by molar-refractivity contribution is -0.120. The third-order valence-electron chi connectivity index (χ3n) is 5.05. The van der Waals surface area contributed by atoms with E-state index in [2.05, 4.69) is 20.3 Å². The van der Waals surface area contributed by atoms with Crippen LogP contribution in [-0.2, 0) is 11.3 Å². The molecule has 10 nitrogen and oxygen atoms in total. The molecule has 0 bridgehead atoms. The van der Waals surface area contributed by atoms with E-state index in [1.807, 2.05) is 35.8 Å². The number of hydrogen-bond donors (Lipinski definition) is 2. The Morgan fingerprint density at radius 3 is 2.81 bits per heavy atom. The molecule has 11 heteroatoms. The van der Waals surface area contributed by atoms with Gasteiger partial charge in [-0.15, -0.1) is 0 Å². The summed E-state index contributed by atoms with van der Waals surface area (Å²) < 4.78 is 18.9. The van der Waals surface area contributed by atoms with Gasteiger partial charge in [-0.25, -0.2) is 15.0 Å². The Hall–Kier alpha value is -3.73. The summed E-state index contributed by atoms with van der Waals surface area (Å²) in [6.07, 6.45) is 1.66. The molecule has 3 aromatic heterocycles. The van der Waals surface area contributed by atoms with Gasteiger partial charge in [-0.05, 0) is 31.2 Å². The Morgan fingerprint density at radius 1 is 1.25 bits per heavy atom. The maximum atomic E-state index is 11.9. The molecule has 0 saturated carbocycles. The fraction of sp³-hybridized carbons (Fsp3) is 0.238. The molecule has 0 unspecified atom stereocenters. The Labute approximate surface area is 187 Å². The van der Waals surface area contributed by atoms with Crippen LogP contribution in [-0.4, -0.2) is 39.3 Å². The minimum Gasteiger partial charge on any atom is -0.461 e. The number of aromatic nitrogens is 4. The molecular formula is C21H20N6O4S. The Bertz CT molecular complexity index is 1330. The molecule has 0 aliphatic carbocycles. The van der Waals surface area contributed by atoms with Gasteiger partial charge < -0.3 is 29.5 Å². The number of nitrogen functional groups attached to an aromatic ring is 1. The van der Waals surface area contributed by atoms with Crippen molar-refractivity contribution in [2.75, 3.05) is 19.6 Å². The summed E-state index contributed by atoms with van der Waals surface area (Å²) in [7, 11) is 1.61. The van der Waals surface area contributed by atoms with Crippen LogP contribution in [0.3, 0.4) is 0 Å². The number of furan rings is 1. The fourth-order valence-corrected chi connectivity index (χ4v) is 4.49. The largest absolute Gasteiger partial charge is 0.461 e. The van der Waals surface area contributed by atoms with Crippen molar-refractivity contribution in [1.82, 2.24) is 24.8 Å². The molecule has 0 saturated heterocycles. The van der Waals surface area contributed by atoms with E-state index in [1.54, 1.807) is 7.05 Å². The molecule has 3 N–H and O–H groups in total. The molecular weight excluding hydrogens is 432 g/mol. The van der Waals surface area contributed by atoms with Crippen LogP contribution in [0.5, 0.6) is 11.5 Å². The van der Waals surface area contributed by atoms with E-state index < -0.39 is 0 Å². The summed E-state index contributed by atoms with van der Waals surface area (Å²) in [4.78, 5) is 25.8. The summed E-state index contributed by atoms with van der Waals surface area (Å²) in [5.41, 5.74) is 7.95. The van der Waals surface area contributed by atoms with Gasteiger partial charge in [0.15, 0.2) is 33.6 Å². The monoisotopic (exact) mass is 452 g/mol. The maximum absolute atomic E-state index is 11.9. The zero-order valence-electron chi connectivity index (χ0n) is 17.4. The number of ether oxygens (including phenoxy) is 2. The predicted molar refractivity (Wildman–Crippen MR) is 118 cm³/mol. The van der Waals surface area contributed by atoms with Gasteiger partial charge in [-0.3, -0.25) is 4.79 Å². The van der Waals surface area contributed by atoms with Gasteiger partial charge in [-0.1, -0.05) is 11.8 Å². The molecule has 0 fully saturated rings. The number of nitrogens with zero attached hydrogens (tertiary/aromatic N) is 4. The van der Waals surface area contributed by atoms with Crippen LogP contribution < -0.4 is 20.5 Å². The quantitative estimate of drug-likeness (QED) is 0.453. The number of nitrogens with one attached hydrogen (secondary N) is 1. The first kappa shape index (κ1) is 20.2. The normalized spacial score (nSPS) is 12.4. The number of amides is 1. The summed E-state index contributed by atoms with van der Waals surface area (Å²) in [6.45, 7) is 2.44. The number of rotatable bonds is 6. The average molecular weight is 452 g/mol. The Balaban J connectivity index is 1.61. The van der Waals surface area contributed by atoms with Crippen LogP contribution in [0.4, 0.5) is 5.82 Å². The SMILES string of the molecule is CNC(=O)CCn1c(Sc2cc3c(cc2-c2ccc(C)o2)OCO3)nc2c(N)ncnc21. The van der Waals surface area contributed by atoms with Crippen LogP contribution in [0, 0.1) is 6.92 Å². The molecule has 32 heavy (non-hydrogen) atoms. The molecule has 1 aromatic carbocycles. The van der Waals surface area contributed by atoms with Crippen molar-refractivity contribution in [3.8, 4) is 22.8 Å². The molecule has 4 aromatic rings. The topological polar surface area (TPSA) is 130 Å². The number of benzene rings is 1. The second-order valence-electron chi connectivity index (χ2n) is 7.11. The molecule has 4 heterocycles. The van der Waals surface area contributed by atoms with Gasteiger partial charge in [0.2, 0.25) is 12.7 Å². The highest BCUT2D eigenvalue weighted by molar-refractivity contribution is 7.99. The van der Waals surface area contributed by atoms with Crippen LogP contribution in [0.15, 0.2) is 45.1 Å². The predicted octanol–water partition coefficient (Wildman–Crippen LogP) is 2.99. The summed E-state index contributed by atoms with van der Waals surface area (Å²) in [6, 6.07) is 7.62. The van der Waals surface area contributed by atoms with Gasteiger partial charge in [0, 0.05) is 30.5 Å². The van der Waals surface area contributed by atoms with Gasteiger partial charge in [0.1, 0.15) is 17.8 Å². The lowest BCUT2D eigenvalue weighted by atomic mass is 10.1. The highest BCUT2D eigenvalue weighted by atomic mass is 32.2. The van der Waals surface area contributed by atoms with E-state index in [0.717, 1.165) is 16.2 Å². The molecule has 0 radical (unpaired) electrons. The third kappa shape index (κ3) is 3.60. The van der Waals surface area contributed by atoms with Gasteiger partial charge in [0.25, 0.3) is 0 Å². The first-order valence-corrected chi connectivity index (χ1v) is 10.7. The molecule has 0 spiro atoms. The number of nitrogens with two attached hydrogens (primary N) is 1. The molecule has 1 aliphatic rings. The fourth-order valence-electron chi connectivity index (χ4n) is 3.43. The van der Waals surface area contributed by atoms with Crippen molar-refractivity contribution >= 4 is 34.7 Å². The zero-order chi connectivity index (χ0) is 22.2. The second-order valence-corrected chi connectivity index (χ2v) is 8.12. The zero-order valence-corrected chi connectivity index (χ0v) is 18.2. The van der Waals surface area contributed by atoms with Crippen LogP contribution in [0.2, 0.25) is 0 Å². The van der Waals surface area contributed by atoms with Crippen LogP contribution in [0.1, 0.15) is 12.2 Å². The van der Waals surface area contributed by atoms with Gasteiger partial charge in [-0.2, -0.15) is 0 Å². The van der Waals surface area contributed by atoms with Gasteiger partial charge >= 0.3 is 0 Å². The lowest BCUT2D eigenvalue weighted by Crippen LogP contribution is -2.19. The lowest BCUT2D eigenvalue weighted by Gasteiger charge is -2.11. The summed E-state index contributed by atoms with van der Waals surface area (Å²) in [5.74, 6) is 3.00. The Morgan fingerprint density at radius 2 is 2.06 bits per heavy atom. The van der Waals surface area contributed by atoms with E-state index in [4.69, 9.17) is 19.6 Å². The van der Waals surface area contributed by atoms with Crippen molar-refractivity contribution in [2.24, 2.45) is 0 Å². The van der Waals surface area contributed by atoms with Crippen molar-refractivity contribution < 1.29 is 18.7 Å². The van der Waals surface area contributed by atoms with Crippen molar-refractivity contribution in [2.45, 2.75) is 29.9 Å². The van der Waals surface area contributed by atoms with Crippen molar-refractivity contribution in [1.29, 1.82) is 0 Å².